The Morgan fingerprint density at radius 1 is 1.33 bits per heavy atom. The van der Waals surface area contributed by atoms with Gasteiger partial charge < -0.3 is 5.32 Å². The molecule has 0 saturated heterocycles. The number of nitriles is 1. The zero-order valence-corrected chi connectivity index (χ0v) is 15.0. The van der Waals surface area contributed by atoms with Crippen LogP contribution in [0.5, 0.6) is 0 Å². The number of carbonyl (C=O) groups is 1. The standard InChI is InChI=1S/C17H21N5OS/c1-12(2)17(4,10-18)20-15(23)13(3)24-16-21-19-11-22(16)14-8-6-5-7-9-14/h5-9,11-13H,1-4H3,(H,20,23)/t13-,17+/m0/s1. The van der Waals surface area contributed by atoms with Crippen LogP contribution in [0.15, 0.2) is 41.8 Å². The Labute approximate surface area is 146 Å². The van der Waals surface area contributed by atoms with Crippen molar-refractivity contribution in [2.24, 2.45) is 5.92 Å². The average Bonchev–Trinajstić information content (AvgIpc) is 3.03. The number of nitrogens with one attached hydrogen (secondary N) is 1. The number of thioether (sulfide) groups is 1. The molecule has 1 aromatic carbocycles. The van der Waals surface area contributed by atoms with Crippen LogP contribution in [0.1, 0.15) is 27.7 Å². The molecule has 1 N–H and O–H groups in total. The summed E-state index contributed by atoms with van der Waals surface area (Å²) < 4.78 is 1.83. The number of aromatic nitrogens is 3. The number of carbonyl (C=O) groups excluding carboxylic acids is 1. The van der Waals surface area contributed by atoms with Gasteiger partial charge in [0.2, 0.25) is 5.91 Å². The average molecular weight is 343 g/mol. The molecule has 0 spiro atoms. The minimum absolute atomic E-state index is 0.0108. The number of para-hydroxylation sites is 1. The van der Waals surface area contributed by atoms with Crippen LogP contribution in [0.2, 0.25) is 0 Å². The molecule has 0 saturated carbocycles. The summed E-state index contributed by atoms with van der Waals surface area (Å²) in [4.78, 5) is 12.5. The van der Waals surface area contributed by atoms with Crippen molar-refractivity contribution < 1.29 is 4.79 Å². The summed E-state index contributed by atoms with van der Waals surface area (Å²) >= 11 is 1.31. The van der Waals surface area contributed by atoms with E-state index >= 15 is 0 Å². The minimum atomic E-state index is -0.890. The van der Waals surface area contributed by atoms with Crippen LogP contribution in [0.3, 0.4) is 0 Å². The lowest BCUT2D eigenvalue weighted by molar-refractivity contribution is -0.121. The van der Waals surface area contributed by atoms with Crippen LogP contribution in [-0.2, 0) is 4.79 Å². The zero-order valence-electron chi connectivity index (χ0n) is 14.2. The summed E-state index contributed by atoms with van der Waals surface area (Å²) in [7, 11) is 0. The first-order valence-electron chi connectivity index (χ1n) is 7.72. The fourth-order valence-corrected chi connectivity index (χ4v) is 2.78. The van der Waals surface area contributed by atoms with Crippen LogP contribution >= 0.6 is 11.8 Å². The van der Waals surface area contributed by atoms with Gasteiger partial charge in [0, 0.05) is 5.69 Å². The number of amides is 1. The highest BCUT2D eigenvalue weighted by Gasteiger charge is 2.32. The topological polar surface area (TPSA) is 83.6 Å². The van der Waals surface area contributed by atoms with E-state index in [-0.39, 0.29) is 11.8 Å². The van der Waals surface area contributed by atoms with Crippen molar-refractivity contribution in [3.05, 3.63) is 36.7 Å². The van der Waals surface area contributed by atoms with Crippen molar-refractivity contribution in [3.8, 4) is 11.8 Å². The lowest BCUT2D eigenvalue weighted by Gasteiger charge is -2.28. The van der Waals surface area contributed by atoms with Crippen molar-refractivity contribution in [2.45, 2.75) is 43.6 Å². The SMILES string of the molecule is CC(C)[C@@](C)(C#N)NC(=O)[C@H](C)Sc1nncn1-c1ccccc1. The molecule has 24 heavy (non-hydrogen) atoms. The third kappa shape index (κ3) is 3.95. The highest BCUT2D eigenvalue weighted by atomic mass is 32.2. The van der Waals surface area contributed by atoms with Crippen LogP contribution in [0.4, 0.5) is 0 Å². The van der Waals surface area contributed by atoms with Gasteiger partial charge in [0.15, 0.2) is 5.16 Å². The number of nitrogens with zero attached hydrogens (tertiary/aromatic N) is 4. The van der Waals surface area contributed by atoms with Gasteiger partial charge in [0.25, 0.3) is 0 Å². The van der Waals surface area contributed by atoms with Crippen LogP contribution < -0.4 is 5.32 Å². The fourth-order valence-electron chi connectivity index (χ4n) is 1.94. The third-order valence-electron chi connectivity index (χ3n) is 3.97. The molecule has 1 amide bonds. The first-order valence-corrected chi connectivity index (χ1v) is 8.60. The van der Waals surface area contributed by atoms with Crippen LogP contribution in [0, 0.1) is 17.2 Å². The molecule has 2 aromatic rings. The Hall–Kier alpha value is -2.33. The first-order chi connectivity index (χ1) is 11.4. The maximum Gasteiger partial charge on any atom is 0.234 e. The summed E-state index contributed by atoms with van der Waals surface area (Å²) in [6, 6.07) is 11.9. The Balaban J connectivity index is 2.11. The third-order valence-corrected chi connectivity index (χ3v) is 5.03. The van der Waals surface area contributed by atoms with Crippen LogP contribution in [-0.4, -0.2) is 31.5 Å². The molecule has 0 aliphatic heterocycles. The second kappa shape index (κ2) is 7.49. The number of hydrogen-bond acceptors (Lipinski definition) is 5. The van der Waals surface area contributed by atoms with E-state index in [1.807, 2.05) is 48.7 Å². The molecule has 0 aliphatic rings. The monoisotopic (exact) mass is 343 g/mol. The Bertz CT molecular complexity index is 737. The lowest BCUT2D eigenvalue weighted by atomic mass is 9.90. The molecular formula is C17H21N5OS. The molecule has 1 heterocycles. The zero-order chi connectivity index (χ0) is 17.7. The van der Waals surface area contributed by atoms with Crippen molar-refractivity contribution in [1.29, 1.82) is 5.26 Å². The van der Waals surface area contributed by atoms with Crippen molar-refractivity contribution >= 4 is 17.7 Å². The van der Waals surface area contributed by atoms with E-state index in [4.69, 9.17) is 0 Å². The van der Waals surface area contributed by atoms with E-state index in [9.17, 15) is 10.1 Å². The van der Waals surface area contributed by atoms with Gasteiger partial charge in [-0.15, -0.1) is 10.2 Å². The molecule has 6 nitrogen and oxygen atoms in total. The minimum Gasteiger partial charge on any atom is -0.337 e. The van der Waals surface area contributed by atoms with Crippen LogP contribution in [0.25, 0.3) is 5.69 Å². The van der Waals surface area contributed by atoms with E-state index in [0.717, 1.165) is 5.69 Å². The van der Waals surface area contributed by atoms with Crippen molar-refractivity contribution in [3.63, 3.8) is 0 Å². The molecule has 0 fully saturated rings. The predicted molar refractivity (Wildman–Crippen MR) is 93.7 cm³/mol. The van der Waals surface area contributed by atoms with Gasteiger partial charge in [0.1, 0.15) is 11.9 Å². The fraction of sp³-hybridized carbons (Fsp3) is 0.412. The maximum atomic E-state index is 12.5. The van der Waals surface area contributed by atoms with E-state index in [2.05, 4.69) is 21.6 Å². The van der Waals surface area contributed by atoms with E-state index < -0.39 is 10.8 Å². The van der Waals surface area contributed by atoms with Gasteiger partial charge in [-0.2, -0.15) is 5.26 Å². The smallest absolute Gasteiger partial charge is 0.234 e. The molecule has 2 atom stereocenters. The summed E-state index contributed by atoms with van der Waals surface area (Å²) in [6.07, 6.45) is 1.62. The Kier molecular flexibility index (Phi) is 5.62. The number of hydrogen-bond donors (Lipinski definition) is 1. The van der Waals surface area contributed by atoms with Gasteiger partial charge in [-0.1, -0.05) is 43.8 Å². The van der Waals surface area contributed by atoms with Gasteiger partial charge in [0.05, 0.1) is 11.3 Å². The second-order valence-corrected chi connectivity index (χ2v) is 7.35. The van der Waals surface area contributed by atoms with E-state index in [1.54, 1.807) is 20.2 Å². The number of benzene rings is 1. The Morgan fingerprint density at radius 3 is 2.58 bits per heavy atom. The highest BCUT2D eigenvalue weighted by Crippen LogP contribution is 2.25. The molecule has 0 unspecified atom stereocenters. The van der Waals surface area contributed by atoms with E-state index in [0.29, 0.717) is 5.16 Å². The maximum absolute atomic E-state index is 12.5. The quantitative estimate of drug-likeness (QED) is 0.815. The van der Waals surface area contributed by atoms with Gasteiger partial charge >= 0.3 is 0 Å². The molecular weight excluding hydrogens is 322 g/mol. The van der Waals surface area contributed by atoms with Crippen molar-refractivity contribution in [1.82, 2.24) is 20.1 Å². The summed E-state index contributed by atoms with van der Waals surface area (Å²) in [5, 5.41) is 20.4. The van der Waals surface area contributed by atoms with Gasteiger partial charge in [-0.05, 0) is 31.9 Å². The molecule has 7 heteroatoms. The lowest BCUT2D eigenvalue weighted by Crippen LogP contribution is -2.51. The summed E-state index contributed by atoms with van der Waals surface area (Å²) in [5.41, 5.74) is 0.0422. The molecule has 0 aliphatic carbocycles. The number of rotatable bonds is 6. The van der Waals surface area contributed by atoms with Crippen molar-refractivity contribution in [2.75, 3.05) is 0 Å². The predicted octanol–water partition coefficient (Wildman–Crippen LogP) is 2.80. The molecule has 2 rings (SSSR count). The summed E-state index contributed by atoms with van der Waals surface area (Å²) in [6.45, 7) is 7.35. The highest BCUT2D eigenvalue weighted by molar-refractivity contribution is 8.00. The van der Waals surface area contributed by atoms with Gasteiger partial charge in [-0.3, -0.25) is 9.36 Å². The van der Waals surface area contributed by atoms with E-state index in [1.165, 1.54) is 11.8 Å². The second-order valence-electron chi connectivity index (χ2n) is 6.04. The molecule has 0 radical (unpaired) electrons. The molecule has 1 aromatic heterocycles. The molecule has 126 valence electrons. The largest absolute Gasteiger partial charge is 0.337 e. The van der Waals surface area contributed by atoms with Gasteiger partial charge in [-0.25, -0.2) is 0 Å². The first kappa shape index (κ1) is 18.0. The molecule has 0 bridgehead atoms. The normalized spacial score (nSPS) is 14.7. The Morgan fingerprint density at radius 2 is 2.00 bits per heavy atom. The summed E-state index contributed by atoms with van der Waals surface area (Å²) in [5.74, 6) is -0.183.